The molecule has 3 rings (SSSR count). The summed E-state index contributed by atoms with van der Waals surface area (Å²) in [6.07, 6.45) is 0.787. The molecular formula is C18H15ClO5. The highest BCUT2D eigenvalue weighted by Crippen LogP contribution is 2.30. The van der Waals surface area contributed by atoms with Gasteiger partial charge in [-0.25, -0.2) is 4.79 Å². The fourth-order valence-electron chi connectivity index (χ4n) is 2.25. The van der Waals surface area contributed by atoms with E-state index in [4.69, 9.17) is 25.8 Å². The van der Waals surface area contributed by atoms with Crippen molar-refractivity contribution in [3.63, 3.8) is 0 Å². The van der Waals surface area contributed by atoms with Gasteiger partial charge in [0.25, 0.3) is 0 Å². The van der Waals surface area contributed by atoms with Gasteiger partial charge in [-0.15, -0.1) is 0 Å². The number of ketones is 1. The average Bonchev–Trinajstić information content (AvgIpc) is 2.84. The Morgan fingerprint density at radius 2 is 1.79 bits per heavy atom. The summed E-state index contributed by atoms with van der Waals surface area (Å²) >= 11 is 5.83. The standard InChI is InChI=1S/C18H15ClO5/c19-14-4-1-3-13(9-14)18(21)24-11-15(20)12-5-6-16-17(10-12)23-8-2-7-22-16/h1,3-6,9-10H,2,7-8,11H2. The Balaban J connectivity index is 1.65. The lowest BCUT2D eigenvalue weighted by Gasteiger charge is -2.09. The summed E-state index contributed by atoms with van der Waals surface area (Å²) < 4.78 is 16.1. The number of rotatable bonds is 4. The molecule has 2 aromatic rings. The highest BCUT2D eigenvalue weighted by Gasteiger charge is 2.16. The molecule has 0 N–H and O–H groups in total. The molecule has 5 nitrogen and oxygen atoms in total. The number of hydrogen-bond acceptors (Lipinski definition) is 5. The topological polar surface area (TPSA) is 61.8 Å². The van der Waals surface area contributed by atoms with Gasteiger partial charge < -0.3 is 14.2 Å². The number of halogens is 1. The predicted octanol–water partition coefficient (Wildman–Crippen LogP) is 3.54. The first-order valence-corrected chi connectivity index (χ1v) is 7.87. The molecule has 1 aliphatic rings. The van der Waals surface area contributed by atoms with E-state index < -0.39 is 5.97 Å². The van der Waals surface area contributed by atoms with E-state index >= 15 is 0 Å². The molecule has 0 atom stereocenters. The summed E-state index contributed by atoms with van der Waals surface area (Å²) in [7, 11) is 0. The highest BCUT2D eigenvalue weighted by atomic mass is 35.5. The van der Waals surface area contributed by atoms with Crippen LogP contribution in [0.5, 0.6) is 11.5 Å². The molecule has 6 heteroatoms. The van der Waals surface area contributed by atoms with Gasteiger partial charge in [-0.3, -0.25) is 4.79 Å². The third-order valence-corrected chi connectivity index (χ3v) is 3.70. The van der Waals surface area contributed by atoms with E-state index in [0.29, 0.717) is 40.9 Å². The summed E-state index contributed by atoms with van der Waals surface area (Å²) in [5.74, 6) is 0.223. The molecule has 0 spiro atoms. The second kappa shape index (κ2) is 7.36. The summed E-state index contributed by atoms with van der Waals surface area (Å²) in [6, 6.07) is 11.3. The molecule has 0 amide bonds. The van der Waals surface area contributed by atoms with E-state index in [0.717, 1.165) is 6.42 Å². The first kappa shape index (κ1) is 16.3. The number of esters is 1. The summed E-state index contributed by atoms with van der Waals surface area (Å²) in [6.45, 7) is 0.761. The van der Waals surface area contributed by atoms with Gasteiger partial charge in [0, 0.05) is 17.0 Å². The van der Waals surface area contributed by atoms with Crippen molar-refractivity contribution in [2.45, 2.75) is 6.42 Å². The van der Waals surface area contributed by atoms with E-state index in [1.165, 1.54) is 6.07 Å². The number of fused-ring (bicyclic) bond motifs is 1. The van der Waals surface area contributed by atoms with Crippen molar-refractivity contribution in [1.82, 2.24) is 0 Å². The van der Waals surface area contributed by atoms with E-state index in [2.05, 4.69) is 0 Å². The lowest BCUT2D eigenvalue weighted by molar-refractivity contribution is 0.0474. The van der Waals surface area contributed by atoms with Crippen molar-refractivity contribution >= 4 is 23.4 Å². The molecule has 0 unspecified atom stereocenters. The Morgan fingerprint density at radius 3 is 2.58 bits per heavy atom. The molecule has 0 aromatic heterocycles. The molecule has 2 aromatic carbocycles. The smallest absolute Gasteiger partial charge is 0.338 e. The molecular weight excluding hydrogens is 332 g/mol. The normalized spacial score (nSPS) is 13.0. The lowest BCUT2D eigenvalue weighted by Crippen LogP contribution is -2.14. The van der Waals surface area contributed by atoms with Crippen molar-refractivity contribution in [3.05, 3.63) is 58.6 Å². The van der Waals surface area contributed by atoms with Crippen LogP contribution in [0.3, 0.4) is 0 Å². The quantitative estimate of drug-likeness (QED) is 0.626. The first-order chi connectivity index (χ1) is 11.6. The molecule has 0 bridgehead atoms. The SMILES string of the molecule is O=C(COC(=O)c1cccc(Cl)c1)c1ccc2c(c1)OCCCO2. The first-order valence-electron chi connectivity index (χ1n) is 7.49. The van der Waals surface area contributed by atoms with Crippen LogP contribution in [0.25, 0.3) is 0 Å². The number of carbonyl (C=O) groups excluding carboxylic acids is 2. The van der Waals surface area contributed by atoms with Crippen molar-refractivity contribution in [2.75, 3.05) is 19.8 Å². The zero-order chi connectivity index (χ0) is 16.9. The minimum absolute atomic E-state index is 0.300. The van der Waals surface area contributed by atoms with Gasteiger partial charge in [0.15, 0.2) is 23.9 Å². The maximum Gasteiger partial charge on any atom is 0.338 e. The van der Waals surface area contributed by atoms with Gasteiger partial charge in [0.05, 0.1) is 18.8 Å². The molecule has 0 aliphatic carbocycles. The van der Waals surface area contributed by atoms with Crippen LogP contribution >= 0.6 is 11.6 Å². The van der Waals surface area contributed by atoms with Crippen LogP contribution in [0.1, 0.15) is 27.1 Å². The van der Waals surface area contributed by atoms with Gasteiger partial charge >= 0.3 is 5.97 Å². The van der Waals surface area contributed by atoms with E-state index in [-0.39, 0.29) is 12.4 Å². The van der Waals surface area contributed by atoms with Crippen molar-refractivity contribution < 1.29 is 23.8 Å². The summed E-state index contributed by atoms with van der Waals surface area (Å²) in [4.78, 5) is 24.2. The zero-order valence-corrected chi connectivity index (χ0v) is 13.5. The van der Waals surface area contributed by atoms with Gasteiger partial charge in [-0.1, -0.05) is 17.7 Å². The van der Waals surface area contributed by atoms with Crippen molar-refractivity contribution in [1.29, 1.82) is 0 Å². The molecule has 0 radical (unpaired) electrons. The maximum atomic E-state index is 12.2. The number of hydrogen-bond donors (Lipinski definition) is 0. The Bertz CT molecular complexity index is 772. The van der Waals surface area contributed by atoms with E-state index in [1.807, 2.05) is 0 Å². The number of carbonyl (C=O) groups is 2. The van der Waals surface area contributed by atoms with Crippen LogP contribution in [-0.2, 0) is 4.74 Å². The second-order valence-corrected chi connectivity index (χ2v) is 5.66. The Labute approximate surface area is 144 Å². The minimum atomic E-state index is -0.597. The molecule has 1 heterocycles. The van der Waals surface area contributed by atoms with E-state index in [9.17, 15) is 9.59 Å². The third kappa shape index (κ3) is 3.86. The Morgan fingerprint density at radius 1 is 1.00 bits per heavy atom. The molecule has 124 valence electrons. The van der Waals surface area contributed by atoms with Crippen molar-refractivity contribution in [3.8, 4) is 11.5 Å². The van der Waals surface area contributed by atoms with Gasteiger partial charge in [0.2, 0.25) is 0 Å². The third-order valence-electron chi connectivity index (χ3n) is 3.46. The number of benzene rings is 2. The number of Topliss-reactive ketones (excluding diaryl/α,β-unsaturated/α-hetero) is 1. The van der Waals surface area contributed by atoms with Crippen LogP contribution < -0.4 is 9.47 Å². The molecule has 0 saturated heterocycles. The Hall–Kier alpha value is -2.53. The highest BCUT2D eigenvalue weighted by molar-refractivity contribution is 6.30. The van der Waals surface area contributed by atoms with Gasteiger partial charge in [-0.05, 0) is 36.4 Å². The monoisotopic (exact) mass is 346 g/mol. The fourth-order valence-corrected chi connectivity index (χ4v) is 2.44. The van der Waals surface area contributed by atoms with Gasteiger partial charge in [0.1, 0.15) is 0 Å². The van der Waals surface area contributed by atoms with Crippen LogP contribution in [-0.4, -0.2) is 31.6 Å². The lowest BCUT2D eigenvalue weighted by atomic mass is 10.1. The van der Waals surface area contributed by atoms with Crippen LogP contribution in [0.15, 0.2) is 42.5 Å². The second-order valence-electron chi connectivity index (χ2n) is 5.22. The fraction of sp³-hybridized carbons (Fsp3) is 0.222. The van der Waals surface area contributed by atoms with Crippen molar-refractivity contribution in [2.24, 2.45) is 0 Å². The van der Waals surface area contributed by atoms with E-state index in [1.54, 1.807) is 36.4 Å². The van der Waals surface area contributed by atoms with Gasteiger partial charge in [-0.2, -0.15) is 0 Å². The van der Waals surface area contributed by atoms with Crippen LogP contribution in [0.4, 0.5) is 0 Å². The summed E-state index contributed by atoms with van der Waals surface area (Å²) in [5, 5.41) is 0.429. The summed E-state index contributed by atoms with van der Waals surface area (Å²) in [5.41, 5.74) is 0.701. The zero-order valence-electron chi connectivity index (χ0n) is 12.8. The molecule has 0 fully saturated rings. The average molecular weight is 347 g/mol. The van der Waals surface area contributed by atoms with Crippen LogP contribution in [0, 0.1) is 0 Å². The minimum Gasteiger partial charge on any atom is -0.490 e. The molecule has 24 heavy (non-hydrogen) atoms. The number of ether oxygens (including phenoxy) is 3. The predicted molar refractivity (Wildman–Crippen MR) is 88.1 cm³/mol. The molecule has 0 saturated carbocycles. The molecule has 1 aliphatic heterocycles. The maximum absolute atomic E-state index is 12.2. The largest absolute Gasteiger partial charge is 0.490 e. The van der Waals surface area contributed by atoms with Crippen LogP contribution in [0.2, 0.25) is 5.02 Å². The Kier molecular flexibility index (Phi) is 5.01.